The highest BCUT2D eigenvalue weighted by molar-refractivity contribution is 5.78. The number of hydrogen-bond acceptors (Lipinski definition) is 4. The molecule has 0 radical (unpaired) electrons. The average molecular weight is 424 g/mol. The SMILES string of the molecule is Cc1nc(N[C@@H](Cc2ccccc2)C(=O)O)c(Cc2ccccc2)nc1-c1ccccc1. The first-order valence-corrected chi connectivity index (χ1v) is 10.6. The standard InChI is InChI=1S/C27H25N3O2/c1-19-25(22-15-9-4-10-16-22)29-23(17-20-11-5-2-6-12-20)26(28-19)30-24(27(31)32)18-21-13-7-3-8-14-21/h2-16,24H,17-18H2,1H3,(H,28,30)(H,31,32)/t24-/m0/s1. The fourth-order valence-corrected chi connectivity index (χ4v) is 3.67. The Hall–Kier alpha value is -3.99. The van der Waals surface area contributed by atoms with Crippen LogP contribution in [0.15, 0.2) is 91.0 Å². The van der Waals surface area contributed by atoms with Gasteiger partial charge in [0.2, 0.25) is 0 Å². The molecule has 1 aromatic heterocycles. The van der Waals surface area contributed by atoms with Gasteiger partial charge in [-0.3, -0.25) is 0 Å². The normalized spacial score (nSPS) is 11.7. The van der Waals surface area contributed by atoms with Gasteiger partial charge in [-0.2, -0.15) is 0 Å². The molecular formula is C27H25N3O2. The number of aliphatic carboxylic acids is 1. The van der Waals surface area contributed by atoms with Crippen molar-refractivity contribution in [1.82, 2.24) is 9.97 Å². The van der Waals surface area contributed by atoms with Crippen molar-refractivity contribution >= 4 is 11.8 Å². The first-order chi connectivity index (χ1) is 15.6. The minimum atomic E-state index is -0.925. The molecule has 0 aliphatic heterocycles. The Balaban J connectivity index is 1.72. The number of nitrogens with one attached hydrogen (secondary N) is 1. The van der Waals surface area contributed by atoms with Crippen molar-refractivity contribution in [1.29, 1.82) is 0 Å². The van der Waals surface area contributed by atoms with E-state index in [0.29, 0.717) is 18.7 Å². The molecule has 4 aromatic rings. The third-order valence-corrected chi connectivity index (χ3v) is 5.30. The minimum absolute atomic E-state index is 0.349. The summed E-state index contributed by atoms with van der Waals surface area (Å²) in [5.41, 5.74) is 5.29. The van der Waals surface area contributed by atoms with Crippen molar-refractivity contribution in [3.8, 4) is 11.3 Å². The van der Waals surface area contributed by atoms with Gasteiger partial charge in [-0.05, 0) is 18.1 Å². The van der Waals surface area contributed by atoms with Gasteiger partial charge in [0, 0.05) is 18.4 Å². The van der Waals surface area contributed by atoms with Gasteiger partial charge in [-0.25, -0.2) is 14.8 Å². The van der Waals surface area contributed by atoms with Crippen LogP contribution in [0.1, 0.15) is 22.5 Å². The molecule has 0 unspecified atom stereocenters. The zero-order valence-corrected chi connectivity index (χ0v) is 17.9. The van der Waals surface area contributed by atoms with Crippen LogP contribution in [-0.4, -0.2) is 27.1 Å². The predicted octanol–water partition coefficient (Wildman–Crippen LogP) is 5.15. The molecule has 0 amide bonds. The molecule has 32 heavy (non-hydrogen) atoms. The maximum absolute atomic E-state index is 12.0. The summed E-state index contributed by atoms with van der Waals surface area (Å²) in [6, 6.07) is 28.7. The molecule has 3 aromatic carbocycles. The van der Waals surface area contributed by atoms with Gasteiger partial charge in [-0.1, -0.05) is 91.0 Å². The third kappa shape index (κ3) is 5.19. The van der Waals surface area contributed by atoms with Crippen molar-refractivity contribution in [3.63, 3.8) is 0 Å². The molecule has 0 bridgehead atoms. The molecule has 5 heteroatoms. The molecule has 0 spiro atoms. The van der Waals surface area contributed by atoms with E-state index in [9.17, 15) is 9.90 Å². The Labute approximate surface area is 187 Å². The van der Waals surface area contributed by atoms with Crippen LogP contribution in [0.5, 0.6) is 0 Å². The molecule has 4 rings (SSSR count). The number of carboxylic acid groups (broad SMARTS) is 1. The van der Waals surface area contributed by atoms with Crippen LogP contribution in [0.4, 0.5) is 5.82 Å². The second-order valence-corrected chi connectivity index (χ2v) is 7.71. The first-order valence-electron chi connectivity index (χ1n) is 10.6. The number of aromatic nitrogens is 2. The van der Waals surface area contributed by atoms with E-state index in [-0.39, 0.29) is 0 Å². The molecule has 2 N–H and O–H groups in total. The van der Waals surface area contributed by atoms with Gasteiger partial charge >= 0.3 is 5.97 Å². The molecule has 1 atom stereocenters. The second kappa shape index (κ2) is 9.88. The lowest BCUT2D eigenvalue weighted by Crippen LogP contribution is -2.32. The van der Waals surface area contributed by atoms with Crippen LogP contribution in [0, 0.1) is 6.92 Å². The quantitative estimate of drug-likeness (QED) is 0.410. The van der Waals surface area contributed by atoms with E-state index in [0.717, 1.165) is 33.8 Å². The van der Waals surface area contributed by atoms with Crippen LogP contribution < -0.4 is 5.32 Å². The lowest BCUT2D eigenvalue weighted by molar-refractivity contribution is -0.137. The molecule has 0 aliphatic carbocycles. The summed E-state index contributed by atoms with van der Waals surface area (Å²) in [4.78, 5) is 21.8. The molecule has 0 saturated heterocycles. The summed E-state index contributed by atoms with van der Waals surface area (Å²) >= 11 is 0. The minimum Gasteiger partial charge on any atom is -0.480 e. The number of carbonyl (C=O) groups is 1. The smallest absolute Gasteiger partial charge is 0.326 e. The highest BCUT2D eigenvalue weighted by atomic mass is 16.4. The van der Waals surface area contributed by atoms with E-state index in [1.165, 1.54) is 0 Å². The van der Waals surface area contributed by atoms with E-state index < -0.39 is 12.0 Å². The van der Waals surface area contributed by atoms with Crippen molar-refractivity contribution in [2.24, 2.45) is 0 Å². The van der Waals surface area contributed by atoms with Crippen molar-refractivity contribution in [2.45, 2.75) is 25.8 Å². The highest BCUT2D eigenvalue weighted by Crippen LogP contribution is 2.25. The number of anilines is 1. The van der Waals surface area contributed by atoms with Gasteiger partial charge in [0.25, 0.3) is 0 Å². The summed E-state index contributed by atoms with van der Waals surface area (Å²) < 4.78 is 0. The molecule has 5 nitrogen and oxygen atoms in total. The monoisotopic (exact) mass is 423 g/mol. The van der Waals surface area contributed by atoms with Crippen molar-refractivity contribution < 1.29 is 9.90 Å². The van der Waals surface area contributed by atoms with E-state index in [4.69, 9.17) is 9.97 Å². The lowest BCUT2D eigenvalue weighted by atomic mass is 10.0. The zero-order chi connectivity index (χ0) is 22.3. The molecule has 0 aliphatic rings. The average Bonchev–Trinajstić information content (AvgIpc) is 2.82. The largest absolute Gasteiger partial charge is 0.480 e. The number of rotatable bonds is 8. The summed E-state index contributed by atoms with van der Waals surface area (Å²) in [6.07, 6.45) is 0.899. The van der Waals surface area contributed by atoms with Gasteiger partial charge in [0.15, 0.2) is 0 Å². The maximum atomic E-state index is 12.0. The molecular weight excluding hydrogens is 398 g/mol. The van der Waals surface area contributed by atoms with Crippen LogP contribution in [0.2, 0.25) is 0 Å². The molecule has 160 valence electrons. The molecule has 0 fully saturated rings. The van der Waals surface area contributed by atoms with Gasteiger partial charge < -0.3 is 10.4 Å². The Kier molecular flexibility index (Phi) is 6.56. The maximum Gasteiger partial charge on any atom is 0.326 e. The van der Waals surface area contributed by atoms with Crippen LogP contribution in [0.3, 0.4) is 0 Å². The Morgan fingerprint density at radius 3 is 2.00 bits per heavy atom. The van der Waals surface area contributed by atoms with E-state index in [2.05, 4.69) is 5.32 Å². The van der Waals surface area contributed by atoms with Crippen molar-refractivity contribution in [2.75, 3.05) is 5.32 Å². The van der Waals surface area contributed by atoms with E-state index in [1.807, 2.05) is 97.9 Å². The fourth-order valence-electron chi connectivity index (χ4n) is 3.67. The second-order valence-electron chi connectivity index (χ2n) is 7.71. The Morgan fingerprint density at radius 1 is 0.844 bits per heavy atom. The van der Waals surface area contributed by atoms with Gasteiger partial charge in [0.1, 0.15) is 11.9 Å². The lowest BCUT2D eigenvalue weighted by Gasteiger charge is -2.19. The van der Waals surface area contributed by atoms with Crippen LogP contribution in [-0.2, 0) is 17.6 Å². The fraction of sp³-hybridized carbons (Fsp3) is 0.148. The number of nitrogens with zero attached hydrogens (tertiary/aromatic N) is 2. The first kappa shape index (κ1) is 21.2. The number of aryl methyl sites for hydroxylation is 1. The number of benzene rings is 3. The molecule has 0 saturated carbocycles. The van der Waals surface area contributed by atoms with Gasteiger partial charge in [-0.15, -0.1) is 0 Å². The third-order valence-electron chi connectivity index (χ3n) is 5.30. The predicted molar refractivity (Wildman–Crippen MR) is 127 cm³/mol. The summed E-state index contributed by atoms with van der Waals surface area (Å²) in [5.74, 6) is -0.416. The van der Waals surface area contributed by atoms with E-state index in [1.54, 1.807) is 0 Å². The van der Waals surface area contributed by atoms with Crippen LogP contribution >= 0.6 is 0 Å². The van der Waals surface area contributed by atoms with Crippen molar-refractivity contribution in [3.05, 3.63) is 114 Å². The Bertz CT molecular complexity index is 1180. The topological polar surface area (TPSA) is 75.1 Å². The number of hydrogen-bond donors (Lipinski definition) is 2. The van der Waals surface area contributed by atoms with Gasteiger partial charge in [0.05, 0.1) is 17.1 Å². The van der Waals surface area contributed by atoms with Crippen LogP contribution in [0.25, 0.3) is 11.3 Å². The van der Waals surface area contributed by atoms with E-state index >= 15 is 0 Å². The summed E-state index contributed by atoms with van der Waals surface area (Å²) in [5, 5.41) is 13.0. The Morgan fingerprint density at radius 2 is 1.41 bits per heavy atom. The number of carboxylic acids is 1. The molecule has 1 heterocycles. The zero-order valence-electron chi connectivity index (χ0n) is 17.9. The summed E-state index contributed by atoms with van der Waals surface area (Å²) in [6.45, 7) is 1.90. The highest BCUT2D eigenvalue weighted by Gasteiger charge is 2.22. The summed E-state index contributed by atoms with van der Waals surface area (Å²) in [7, 11) is 0.